The Hall–Kier alpha value is -5.48. The van der Waals surface area contributed by atoms with Crippen LogP contribution in [-0.4, -0.2) is 19.9 Å². The van der Waals surface area contributed by atoms with E-state index in [1.165, 1.54) is 10.9 Å². The van der Waals surface area contributed by atoms with Crippen molar-refractivity contribution < 1.29 is 0 Å². The first-order chi connectivity index (χ1) is 19.8. The van der Waals surface area contributed by atoms with E-state index >= 15 is 0 Å². The maximum absolute atomic E-state index is 4.96. The molecule has 2 aromatic heterocycles. The maximum atomic E-state index is 4.96. The summed E-state index contributed by atoms with van der Waals surface area (Å²) in [5.74, 6) is 1.90. The van der Waals surface area contributed by atoms with Gasteiger partial charge in [0, 0.05) is 28.5 Å². The first-order valence-electron chi connectivity index (χ1n) is 13.2. The average molecular weight is 513 g/mol. The van der Waals surface area contributed by atoms with Crippen LogP contribution in [0.3, 0.4) is 0 Å². The van der Waals surface area contributed by atoms with Crippen molar-refractivity contribution in [3.8, 4) is 56.5 Å². The smallest absolute Gasteiger partial charge is 0.164 e. The summed E-state index contributed by atoms with van der Waals surface area (Å²) in [5, 5.41) is 2.33. The Morgan fingerprint density at radius 1 is 0.325 bits per heavy atom. The topological polar surface area (TPSA) is 51.6 Å². The van der Waals surface area contributed by atoms with Crippen molar-refractivity contribution in [3.63, 3.8) is 0 Å². The van der Waals surface area contributed by atoms with Crippen molar-refractivity contribution in [1.29, 1.82) is 0 Å². The monoisotopic (exact) mass is 512 g/mol. The summed E-state index contributed by atoms with van der Waals surface area (Å²) in [4.78, 5) is 19.4. The number of nitrogens with zero attached hydrogens (tertiary/aromatic N) is 4. The van der Waals surface area contributed by atoms with Crippen molar-refractivity contribution >= 4 is 10.8 Å². The minimum atomic E-state index is 0.623. The average Bonchev–Trinajstić information content (AvgIpc) is 3.05. The number of rotatable bonds is 5. The Balaban J connectivity index is 1.36. The highest BCUT2D eigenvalue weighted by Gasteiger charge is 2.14. The molecule has 0 aliphatic rings. The number of fused-ring (bicyclic) bond motifs is 1. The number of aromatic nitrogens is 4. The number of hydrogen-bond donors (Lipinski definition) is 0. The molecule has 188 valence electrons. The third-order valence-electron chi connectivity index (χ3n) is 6.97. The molecule has 40 heavy (non-hydrogen) atoms. The van der Waals surface area contributed by atoms with Crippen LogP contribution in [-0.2, 0) is 0 Å². The van der Waals surface area contributed by atoms with Crippen molar-refractivity contribution in [3.05, 3.63) is 146 Å². The first kappa shape index (κ1) is 23.6. The molecule has 4 nitrogen and oxygen atoms in total. The van der Waals surface area contributed by atoms with E-state index < -0.39 is 0 Å². The molecule has 0 saturated heterocycles. The van der Waals surface area contributed by atoms with Gasteiger partial charge in [0.2, 0.25) is 0 Å². The molecule has 0 atom stereocenters. The fraction of sp³-hybridized carbons (Fsp3) is 0. The normalized spacial score (nSPS) is 11.0. The quantitative estimate of drug-likeness (QED) is 0.231. The van der Waals surface area contributed by atoms with Gasteiger partial charge in [0.15, 0.2) is 17.5 Å². The van der Waals surface area contributed by atoms with Gasteiger partial charge in [-0.2, -0.15) is 0 Å². The molecule has 0 aliphatic heterocycles. The largest absolute Gasteiger partial charge is 0.256 e. The second-order valence-corrected chi connectivity index (χ2v) is 9.61. The van der Waals surface area contributed by atoms with Crippen molar-refractivity contribution in [2.75, 3.05) is 0 Å². The second-order valence-electron chi connectivity index (χ2n) is 9.61. The van der Waals surface area contributed by atoms with Crippen LogP contribution in [0.2, 0.25) is 0 Å². The van der Waals surface area contributed by atoms with Gasteiger partial charge in [-0.1, -0.05) is 115 Å². The van der Waals surface area contributed by atoms with E-state index in [0.717, 1.165) is 38.9 Å². The third kappa shape index (κ3) is 4.74. The van der Waals surface area contributed by atoms with E-state index in [-0.39, 0.29) is 0 Å². The van der Waals surface area contributed by atoms with Crippen LogP contribution < -0.4 is 0 Å². The van der Waals surface area contributed by atoms with E-state index in [4.69, 9.17) is 15.0 Å². The van der Waals surface area contributed by atoms with Gasteiger partial charge in [-0.05, 0) is 46.2 Å². The molecule has 7 aromatic rings. The fourth-order valence-corrected chi connectivity index (χ4v) is 4.89. The van der Waals surface area contributed by atoms with E-state index in [2.05, 4.69) is 102 Å². The zero-order valence-corrected chi connectivity index (χ0v) is 21.6. The van der Waals surface area contributed by atoms with Crippen molar-refractivity contribution in [1.82, 2.24) is 19.9 Å². The molecular weight excluding hydrogens is 488 g/mol. The Bertz CT molecular complexity index is 1930. The Morgan fingerprint density at radius 3 is 1.62 bits per heavy atom. The minimum Gasteiger partial charge on any atom is -0.256 e. The molecule has 0 spiro atoms. The minimum absolute atomic E-state index is 0.623. The molecule has 5 aromatic carbocycles. The lowest BCUT2D eigenvalue weighted by molar-refractivity contribution is 1.07. The molecule has 0 bridgehead atoms. The zero-order chi connectivity index (χ0) is 26.7. The fourth-order valence-electron chi connectivity index (χ4n) is 4.89. The Morgan fingerprint density at radius 2 is 0.875 bits per heavy atom. The van der Waals surface area contributed by atoms with Gasteiger partial charge in [-0.15, -0.1) is 0 Å². The van der Waals surface area contributed by atoms with Gasteiger partial charge in [0.1, 0.15) is 0 Å². The number of pyridine rings is 1. The predicted molar refractivity (Wildman–Crippen MR) is 162 cm³/mol. The van der Waals surface area contributed by atoms with E-state index in [1.54, 1.807) is 6.20 Å². The molecule has 0 amide bonds. The van der Waals surface area contributed by atoms with Crippen molar-refractivity contribution in [2.24, 2.45) is 0 Å². The summed E-state index contributed by atoms with van der Waals surface area (Å²) in [6.07, 6.45) is 1.81. The third-order valence-corrected chi connectivity index (χ3v) is 6.97. The van der Waals surface area contributed by atoms with Crippen LogP contribution in [0.4, 0.5) is 0 Å². The highest BCUT2D eigenvalue weighted by atomic mass is 15.0. The lowest BCUT2D eigenvalue weighted by Gasteiger charge is -2.10. The maximum Gasteiger partial charge on any atom is 0.164 e. The molecule has 0 saturated carbocycles. The first-order valence-corrected chi connectivity index (χ1v) is 13.2. The SMILES string of the molecule is c1ccc(-c2ccc(-c3nc(-c4cccc(-c5ccccn5)c4)nc(-c4ccc5ccccc5c4)n3)cc2)cc1. The Kier molecular flexibility index (Phi) is 6.11. The summed E-state index contributed by atoms with van der Waals surface area (Å²) in [6, 6.07) is 47.5. The molecule has 0 fully saturated rings. The van der Waals surface area contributed by atoms with Crippen LogP contribution in [0, 0.1) is 0 Å². The summed E-state index contributed by atoms with van der Waals surface area (Å²) < 4.78 is 0. The van der Waals surface area contributed by atoms with Gasteiger partial charge >= 0.3 is 0 Å². The molecule has 0 radical (unpaired) electrons. The summed E-state index contributed by atoms with van der Waals surface area (Å²) >= 11 is 0. The molecule has 0 aliphatic carbocycles. The summed E-state index contributed by atoms with van der Waals surface area (Å²) in [7, 11) is 0. The second kappa shape index (κ2) is 10.4. The standard InChI is InChI=1S/C36H24N4/c1-2-9-25(10-3-1)27-16-19-28(20-17-27)34-38-35(31-14-8-13-30(24-31)33-15-6-7-22-37-33)40-36(39-34)32-21-18-26-11-4-5-12-29(26)23-32/h1-24H. The lowest BCUT2D eigenvalue weighted by Crippen LogP contribution is -2.00. The van der Waals surface area contributed by atoms with Gasteiger partial charge in [0.05, 0.1) is 5.69 Å². The molecule has 4 heteroatoms. The van der Waals surface area contributed by atoms with Crippen LogP contribution in [0.15, 0.2) is 146 Å². The van der Waals surface area contributed by atoms with Crippen LogP contribution >= 0.6 is 0 Å². The molecule has 0 unspecified atom stereocenters. The van der Waals surface area contributed by atoms with Crippen LogP contribution in [0.5, 0.6) is 0 Å². The van der Waals surface area contributed by atoms with E-state index in [9.17, 15) is 0 Å². The van der Waals surface area contributed by atoms with E-state index in [1.807, 2.05) is 42.5 Å². The highest BCUT2D eigenvalue weighted by Crippen LogP contribution is 2.30. The van der Waals surface area contributed by atoms with Gasteiger partial charge in [-0.3, -0.25) is 4.98 Å². The predicted octanol–water partition coefficient (Wildman–Crippen LogP) is 8.75. The summed E-state index contributed by atoms with van der Waals surface area (Å²) in [5.41, 5.74) is 7.04. The molecule has 2 heterocycles. The van der Waals surface area contributed by atoms with Gasteiger partial charge in [0.25, 0.3) is 0 Å². The van der Waals surface area contributed by atoms with Gasteiger partial charge < -0.3 is 0 Å². The van der Waals surface area contributed by atoms with Crippen molar-refractivity contribution in [2.45, 2.75) is 0 Å². The number of hydrogen-bond acceptors (Lipinski definition) is 4. The molecular formula is C36H24N4. The highest BCUT2D eigenvalue weighted by molar-refractivity contribution is 5.86. The zero-order valence-electron chi connectivity index (χ0n) is 21.6. The van der Waals surface area contributed by atoms with Crippen LogP contribution in [0.25, 0.3) is 67.3 Å². The van der Waals surface area contributed by atoms with Gasteiger partial charge in [-0.25, -0.2) is 15.0 Å². The molecule has 7 rings (SSSR count). The summed E-state index contributed by atoms with van der Waals surface area (Å²) in [6.45, 7) is 0. The van der Waals surface area contributed by atoms with Crippen LogP contribution in [0.1, 0.15) is 0 Å². The Labute approximate surface area is 232 Å². The van der Waals surface area contributed by atoms with E-state index in [0.29, 0.717) is 17.5 Å². The molecule has 0 N–H and O–H groups in total. The lowest BCUT2D eigenvalue weighted by atomic mass is 10.0. The number of benzene rings is 5.